The molecule has 4 heteroatoms. The van der Waals surface area contributed by atoms with Gasteiger partial charge in [-0.25, -0.2) is 4.79 Å². The Labute approximate surface area is 146 Å². The maximum Gasteiger partial charge on any atom is 0.365 e. The lowest BCUT2D eigenvalue weighted by Crippen LogP contribution is -2.17. The van der Waals surface area contributed by atoms with Crippen LogP contribution in [0.15, 0.2) is 65.8 Å². The summed E-state index contributed by atoms with van der Waals surface area (Å²) in [6.45, 7) is 3.94. The largest absolute Gasteiger partial charge is 0.384 e. The second kappa shape index (κ2) is 7.18. The molecule has 0 spiro atoms. The Bertz CT molecular complexity index is 956. The van der Waals surface area contributed by atoms with Crippen molar-refractivity contribution in [2.24, 2.45) is 10.9 Å². The van der Waals surface area contributed by atoms with Crippen molar-refractivity contribution in [2.45, 2.75) is 20.3 Å². The third-order valence-electron chi connectivity index (χ3n) is 4.24. The molecule has 0 fully saturated rings. The van der Waals surface area contributed by atoms with E-state index in [-0.39, 0.29) is 5.84 Å². The molecular weight excluding hydrogens is 312 g/mol. The Balaban J connectivity index is 1.73. The van der Waals surface area contributed by atoms with Crippen LogP contribution in [0, 0.1) is 13.8 Å². The van der Waals surface area contributed by atoms with E-state index in [4.69, 9.17) is 10.6 Å². The van der Waals surface area contributed by atoms with E-state index in [1.807, 2.05) is 62.4 Å². The number of fused-ring (bicyclic) bond motifs is 1. The van der Waals surface area contributed by atoms with Crippen LogP contribution in [0.3, 0.4) is 0 Å². The van der Waals surface area contributed by atoms with Crippen molar-refractivity contribution >= 4 is 22.6 Å². The molecule has 0 heterocycles. The summed E-state index contributed by atoms with van der Waals surface area (Å²) in [5.41, 5.74) is 9.61. The van der Waals surface area contributed by atoms with E-state index in [1.54, 1.807) is 12.1 Å². The van der Waals surface area contributed by atoms with Crippen molar-refractivity contribution in [3.8, 4) is 0 Å². The number of hydrogen-bond donors (Lipinski definition) is 1. The maximum atomic E-state index is 12.1. The number of carbonyl (C=O) groups excluding carboxylic acids is 1. The summed E-state index contributed by atoms with van der Waals surface area (Å²) in [6.07, 6.45) is 0.418. The summed E-state index contributed by atoms with van der Waals surface area (Å²) in [4.78, 5) is 17.1. The first kappa shape index (κ1) is 16.7. The molecule has 0 saturated carbocycles. The van der Waals surface area contributed by atoms with Gasteiger partial charge in [-0.2, -0.15) is 0 Å². The minimum Gasteiger partial charge on any atom is -0.384 e. The number of nitrogens with two attached hydrogens (primary N) is 1. The molecule has 2 N–H and O–H groups in total. The van der Waals surface area contributed by atoms with Gasteiger partial charge in [-0.05, 0) is 53.4 Å². The molecule has 0 aliphatic carbocycles. The molecule has 0 amide bonds. The highest BCUT2D eigenvalue weighted by molar-refractivity contribution is 5.93. The van der Waals surface area contributed by atoms with E-state index in [9.17, 15) is 4.79 Å². The van der Waals surface area contributed by atoms with Gasteiger partial charge < -0.3 is 10.6 Å². The van der Waals surface area contributed by atoms with Gasteiger partial charge in [-0.3, -0.25) is 0 Å². The van der Waals surface area contributed by atoms with Crippen molar-refractivity contribution in [3.63, 3.8) is 0 Å². The molecule has 0 aromatic heterocycles. The molecule has 3 rings (SSSR count). The molecule has 0 radical (unpaired) electrons. The van der Waals surface area contributed by atoms with Gasteiger partial charge in [0.15, 0.2) is 0 Å². The van der Waals surface area contributed by atoms with Crippen LogP contribution in [-0.2, 0) is 11.3 Å². The number of oxime groups is 1. The lowest BCUT2D eigenvalue weighted by atomic mass is 10.0. The van der Waals surface area contributed by atoms with Gasteiger partial charge in [0.1, 0.15) is 5.84 Å². The molecule has 4 nitrogen and oxygen atoms in total. The van der Waals surface area contributed by atoms with E-state index >= 15 is 0 Å². The topological polar surface area (TPSA) is 64.7 Å². The highest BCUT2D eigenvalue weighted by Gasteiger charge is 2.09. The van der Waals surface area contributed by atoms with E-state index < -0.39 is 5.97 Å². The van der Waals surface area contributed by atoms with E-state index in [0.29, 0.717) is 12.0 Å². The maximum absolute atomic E-state index is 12.1. The first-order valence-corrected chi connectivity index (χ1v) is 8.12. The van der Waals surface area contributed by atoms with Gasteiger partial charge in [-0.1, -0.05) is 53.7 Å². The first-order valence-electron chi connectivity index (χ1n) is 8.12. The van der Waals surface area contributed by atoms with Crippen LogP contribution in [0.1, 0.15) is 27.0 Å². The zero-order valence-corrected chi connectivity index (χ0v) is 14.3. The van der Waals surface area contributed by atoms with Crippen LogP contribution in [-0.4, -0.2) is 11.8 Å². The Morgan fingerprint density at radius 3 is 2.56 bits per heavy atom. The minimum atomic E-state index is -0.510. The highest BCUT2D eigenvalue weighted by Crippen LogP contribution is 2.19. The Kier molecular flexibility index (Phi) is 4.80. The Morgan fingerprint density at radius 1 is 1.00 bits per heavy atom. The van der Waals surface area contributed by atoms with Crippen LogP contribution in [0.5, 0.6) is 0 Å². The monoisotopic (exact) mass is 332 g/mol. The summed E-state index contributed by atoms with van der Waals surface area (Å²) in [5.74, 6) is -0.252. The quantitative estimate of drug-likeness (QED) is 0.338. The number of aryl methyl sites for hydroxylation is 2. The molecule has 25 heavy (non-hydrogen) atoms. The van der Waals surface area contributed by atoms with Gasteiger partial charge in [0.25, 0.3) is 0 Å². The summed E-state index contributed by atoms with van der Waals surface area (Å²) in [7, 11) is 0. The number of benzene rings is 3. The van der Waals surface area contributed by atoms with E-state index in [1.165, 1.54) is 0 Å². The van der Waals surface area contributed by atoms with Gasteiger partial charge in [0, 0.05) is 6.42 Å². The zero-order valence-electron chi connectivity index (χ0n) is 14.3. The molecule has 0 bridgehead atoms. The fourth-order valence-corrected chi connectivity index (χ4v) is 2.70. The molecule has 0 aliphatic rings. The number of carbonyl (C=O) groups is 1. The molecule has 3 aromatic carbocycles. The van der Waals surface area contributed by atoms with Gasteiger partial charge in [0.2, 0.25) is 0 Å². The van der Waals surface area contributed by atoms with Crippen LogP contribution in [0.2, 0.25) is 0 Å². The van der Waals surface area contributed by atoms with E-state index in [0.717, 1.165) is 27.5 Å². The number of hydrogen-bond acceptors (Lipinski definition) is 3. The summed E-state index contributed by atoms with van der Waals surface area (Å²) in [6, 6.07) is 19.5. The fourth-order valence-electron chi connectivity index (χ4n) is 2.70. The molecular formula is C21H20N2O2. The Hall–Kier alpha value is -3.14. The molecule has 0 aliphatic heterocycles. The number of rotatable bonds is 4. The first-order chi connectivity index (χ1) is 12.0. The number of amidine groups is 1. The van der Waals surface area contributed by atoms with Crippen molar-refractivity contribution in [1.29, 1.82) is 0 Å². The van der Waals surface area contributed by atoms with Crippen molar-refractivity contribution in [3.05, 3.63) is 82.9 Å². The SMILES string of the molecule is Cc1ccc(C(=O)O/N=C(/N)Cc2cccc3ccccc23)cc1C. The normalized spacial score (nSPS) is 11.5. The van der Waals surface area contributed by atoms with Gasteiger partial charge in [-0.15, -0.1) is 0 Å². The standard InChI is InChI=1S/C21H20N2O2/c1-14-10-11-18(12-15(14)2)21(24)25-23-20(22)13-17-8-5-7-16-6-3-4-9-19(16)17/h3-12H,13H2,1-2H3,(H2,22,23). The third-order valence-corrected chi connectivity index (χ3v) is 4.24. The average molecular weight is 332 g/mol. The van der Waals surface area contributed by atoms with Crippen LogP contribution >= 0.6 is 0 Å². The smallest absolute Gasteiger partial charge is 0.365 e. The van der Waals surface area contributed by atoms with Crippen LogP contribution in [0.25, 0.3) is 10.8 Å². The second-order valence-electron chi connectivity index (χ2n) is 6.08. The van der Waals surface area contributed by atoms with Crippen LogP contribution < -0.4 is 5.73 Å². The summed E-state index contributed by atoms with van der Waals surface area (Å²) >= 11 is 0. The molecule has 0 unspecified atom stereocenters. The predicted molar refractivity (Wildman–Crippen MR) is 101 cm³/mol. The van der Waals surface area contributed by atoms with Crippen molar-refractivity contribution < 1.29 is 9.63 Å². The molecule has 126 valence electrons. The third kappa shape index (κ3) is 3.86. The van der Waals surface area contributed by atoms with Crippen LogP contribution in [0.4, 0.5) is 0 Å². The zero-order chi connectivity index (χ0) is 17.8. The summed E-state index contributed by atoms with van der Waals surface area (Å²) in [5, 5.41) is 6.05. The second-order valence-corrected chi connectivity index (χ2v) is 6.08. The Morgan fingerprint density at radius 2 is 1.76 bits per heavy atom. The predicted octanol–water partition coefficient (Wildman–Crippen LogP) is 4.13. The van der Waals surface area contributed by atoms with E-state index in [2.05, 4.69) is 5.16 Å². The molecule has 3 aromatic rings. The lowest BCUT2D eigenvalue weighted by Gasteiger charge is -2.06. The fraction of sp³-hybridized carbons (Fsp3) is 0.143. The van der Waals surface area contributed by atoms with Gasteiger partial charge in [0.05, 0.1) is 5.56 Å². The molecule has 0 saturated heterocycles. The highest BCUT2D eigenvalue weighted by atomic mass is 16.7. The van der Waals surface area contributed by atoms with Crippen molar-refractivity contribution in [2.75, 3.05) is 0 Å². The molecule has 0 atom stereocenters. The van der Waals surface area contributed by atoms with Crippen molar-refractivity contribution in [1.82, 2.24) is 0 Å². The lowest BCUT2D eigenvalue weighted by molar-refractivity contribution is 0.0515. The summed E-state index contributed by atoms with van der Waals surface area (Å²) < 4.78 is 0. The van der Waals surface area contributed by atoms with Gasteiger partial charge >= 0.3 is 5.97 Å². The minimum absolute atomic E-state index is 0.258. The average Bonchev–Trinajstić information content (AvgIpc) is 2.62. The number of nitrogens with zero attached hydrogens (tertiary/aromatic N) is 1.